The Labute approximate surface area is 101 Å². The minimum atomic E-state index is -0.535. The lowest BCUT2D eigenvalue weighted by atomic mass is 10.0. The van der Waals surface area contributed by atoms with Gasteiger partial charge in [0, 0.05) is 0 Å². The number of carbonyl (C=O) groups excluding carboxylic acids is 2. The molecule has 2 atom stereocenters. The molecule has 0 aromatic heterocycles. The highest BCUT2D eigenvalue weighted by atomic mass is 16.6. The molecule has 1 aliphatic rings. The van der Waals surface area contributed by atoms with E-state index in [0.29, 0.717) is 12.8 Å². The fraction of sp³-hybridized carbons (Fsp3) is 0.818. The number of rotatable bonds is 2. The largest absolute Gasteiger partial charge is 0.444 e. The zero-order valence-corrected chi connectivity index (χ0v) is 10.5. The average Bonchev–Trinajstić information content (AvgIpc) is 2.15. The molecule has 0 unspecified atom stereocenters. The number of nitrogens with one attached hydrogen (secondary N) is 1. The van der Waals surface area contributed by atoms with Gasteiger partial charge >= 0.3 is 6.09 Å². The van der Waals surface area contributed by atoms with Crippen molar-refractivity contribution in [3.63, 3.8) is 0 Å². The predicted octanol–water partition coefficient (Wildman–Crippen LogP) is 0.544. The van der Waals surface area contributed by atoms with E-state index in [-0.39, 0.29) is 12.6 Å². The van der Waals surface area contributed by atoms with E-state index in [9.17, 15) is 9.59 Å². The Hall–Kier alpha value is -1.30. The number of hydrogen-bond donors (Lipinski definition) is 2. The van der Waals surface area contributed by atoms with Gasteiger partial charge in [-0.15, -0.1) is 0 Å². The molecular weight excluding hydrogens is 224 g/mol. The maximum absolute atomic E-state index is 11.5. The van der Waals surface area contributed by atoms with E-state index in [1.165, 1.54) is 0 Å². The summed E-state index contributed by atoms with van der Waals surface area (Å²) < 4.78 is 10.4. The third-order valence-corrected chi connectivity index (χ3v) is 2.31. The van der Waals surface area contributed by atoms with E-state index in [4.69, 9.17) is 15.2 Å². The SMILES string of the molecule is CC(C)(C)OC(=O)N[C@@H]1CC[C@@H](C(N)=O)OC1. The van der Waals surface area contributed by atoms with Crippen molar-refractivity contribution in [3.8, 4) is 0 Å². The molecule has 0 saturated carbocycles. The van der Waals surface area contributed by atoms with E-state index < -0.39 is 23.7 Å². The van der Waals surface area contributed by atoms with Crippen molar-refractivity contribution >= 4 is 12.0 Å². The van der Waals surface area contributed by atoms with Crippen molar-refractivity contribution in [1.82, 2.24) is 5.32 Å². The van der Waals surface area contributed by atoms with E-state index in [0.717, 1.165) is 0 Å². The van der Waals surface area contributed by atoms with Crippen LogP contribution in [0.5, 0.6) is 0 Å². The maximum Gasteiger partial charge on any atom is 0.407 e. The lowest BCUT2D eigenvalue weighted by Crippen LogP contribution is -2.47. The van der Waals surface area contributed by atoms with Gasteiger partial charge < -0.3 is 20.5 Å². The second-order valence-electron chi connectivity index (χ2n) is 5.14. The van der Waals surface area contributed by atoms with Gasteiger partial charge in [-0.3, -0.25) is 4.79 Å². The highest BCUT2D eigenvalue weighted by Gasteiger charge is 2.27. The highest BCUT2D eigenvalue weighted by Crippen LogP contribution is 2.14. The van der Waals surface area contributed by atoms with Gasteiger partial charge in [-0.25, -0.2) is 4.79 Å². The summed E-state index contributed by atoms with van der Waals surface area (Å²) in [7, 11) is 0. The number of alkyl carbamates (subject to hydrolysis) is 1. The zero-order valence-electron chi connectivity index (χ0n) is 10.5. The van der Waals surface area contributed by atoms with Crippen molar-refractivity contribution in [2.75, 3.05) is 6.61 Å². The molecule has 1 rings (SSSR count). The Morgan fingerprint density at radius 1 is 1.35 bits per heavy atom. The topological polar surface area (TPSA) is 90.6 Å². The van der Waals surface area contributed by atoms with Crippen LogP contribution in [0.3, 0.4) is 0 Å². The Kier molecular flexibility index (Phi) is 4.34. The van der Waals surface area contributed by atoms with E-state index >= 15 is 0 Å². The molecule has 2 amide bonds. The fourth-order valence-electron chi connectivity index (χ4n) is 1.56. The van der Waals surface area contributed by atoms with Crippen LogP contribution in [0, 0.1) is 0 Å². The Bertz CT molecular complexity index is 290. The van der Waals surface area contributed by atoms with Crippen LogP contribution in [0.15, 0.2) is 0 Å². The highest BCUT2D eigenvalue weighted by molar-refractivity contribution is 5.78. The second-order valence-corrected chi connectivity index (χ2v) is 5.14. The van der Waals surface area contributed by atoms with Gasteiger partial charge in [0.1, 0.15) is 11.7 Å². The first-order valence-electron chi connectivity index (χ1n) is 5.68. The third-order valence-electron chi connectivity index (χ3n) is 2.31. The molecule has 17 heavy (non-hydrogen) atoms. The summed E-state index contributed by atoms with van der Waals surface area (Å²) in [5, 5.41) is 2.70. The van der Waals surface area contributed by atoms with Gasteiger partial charge in [-0.1, -0.05) is 0 Å². The molecule has 1 heterocycles. The van der Waals surface area contributed by atoms with Crippen LogP contribution in [0.1, 0.15) is 33.6 Å². The molecule has 6 heteroatoms. The second kappa shape index (κ2) is 5.35. The van der Waals surface area contributed by atoms with Crippen molar-refractivity contribution < 1.29 is 19.1 Å². The number of hydrogen-bond acceptors (Lipinski definition) is 4. The monoisotopic (exact) mass is 244 g/mol. The molecule has 1 fully saturated rings. The van der Waals surface area contributed by atoms with Gasteiger partial charge in [0.25, 0.3) is 0 Å². The summed E-state index contributed by atoms with van der Waals surface area (Å²) in [4.78, 5) is 22.3. The van der Waals surface area contributed by atoms with Crippen LogP contribution < -0.4 is 11.1 Å². The summed E-state index contributed by atoms with van der Waals surface area (Å²) in [5.74, 6) is -0.458. The Morgan fingerprint density at radius 3 is 2.41 bits per heavy atom. The summed E-state index contributed by atoms with van der Waals surface area (Å²) in [6.45, 7) is 5.68. The number of primary amides is 1. The van der Waals surface area contributed by atoms with E-state index in [1.807, 2.05) is 0 Å². The normalized spacial score (nSPS) is 25.1. The molecule has 6 nitrogen and oxygen atoms in total. The molecular formula is C11H20N2O4. The van der Waals surface area contributed by atoms with Crippen LogP contribution >= 0.6 is 0 Å². The Balaban J connectivity index is 2.31. The van der Waals surface area contributed by atoms with Gasteiger partial charge in [0.15, 0.2) is 0 Å². The molecule has 3 N–H and O–H groups in total. The summed E-state index contributed by atoms with van der Waals surface area (Å²) in [6, 6.07) is -0.125. The minimum absolute atomic E-state index is 0.125. The smallest absolute Gasteiger partial charge is 0.407 e. The molecule has 98 valence electrons. The standard InChI is InChI=1S/C11H20N2O4/c1-11(2,3)17-10(15)13-7-4-5-8(9(12)14)16-6-7/h7-8H,4-6H2,1-3H3,(H2,12,14)(H,13,15)/t7-,8+/m1/s1. The van der Waals surface area contributed by atoms with Crippen molar-refractivity contribution in [2.24, 2.45) is 5.73 Å². The van der Waals surface area contributed by atoms with Crippen LogP contribution in [-0.4, -0.2) is 36.4 Å². The van der Waals surface area contributed by atoms with E-state index in [2.05, 4.69) is 5.32 Å². The molecule has 0 spiro atoms. The van der Waals surface area contributed by atoms with Crippen LogP contribution in [0.2, 0.25) is 0 Å². The molecule has 1 saturated heterocycles. The van der Waals surface area contributed by atoms with Gasteiger partial charge in [-0.05, 0) is 33.6 Å². The summed E-state index contributed by atoms with van der Waals surface area (Å²) in [6.07, 6.45) is 0.179. The first-order valence-corrected chi connectivity index (χ1v) is 5.68. The van der Waals surface area contributed by atoms with Crippen molar-refractivity contribution in [2.45, 2.75) is 51.4 Å². The third kappa shape index (κ3) is 5.04. The summed E-state index contributed by atoms with van der Waals surface area (Å²) >= 11 is 0. The number of ether oxygens (including phenoxy) is 2. The van der Waals surface area contributed by atoms with Gasteiger partial charge in [-0.2, -0.15) is 0 Å². The quantitative estimate of drug-likeness (QED) is 0.742. The number of nitrogens with two attached hydrogens (primary N) is 1. The first-order chi connectivity index (χ1) is 7.78. The fourth-order valence-corrected chi connectivity index (χ4v) is 1.56. The predicted molar refractivity (Wildman–Crippen MR) is 61.3 cm³/mol. The van der Waals surface area contributed by atoms with Crippen LogP contribution in [-0.2, 0) is 14.3 Å². The minimum Gasteiger partial charge on any atom is -0.444 e. The lowest BCUT2D eigenvalue weighted by molar-refractivity contribution is -0.132. The molecule has 0 aromatic carbocycles. The molecule has 0 radical (unpaired) electrons. The maximum atomic E-state index is 11.5. The molecule has 1 aliphatic heterocycles. The van der Waals surface area contributed by atoms with Crippen molar-refractivity contribution in [1.29, 1.82) is 0 Å². The average molecular weight is 244 g/mol. The molecule has 0 aliphatic carbocycles. The zero-order chi connectivity index (χ0) is 13.1. The Morgan fingerprint density at radius 2 is 2.00 bits per heavy atom. The number of carbonyl (C=O) groups is 2. The number of amides is 2. The van der Waals surface area contributed by atoms with Crippen molar-refractivity contribution in [3.05, 3.63) is 0 Å². The summed E-state index contributed by atoms with van der Waals surface area (Å²) in [5.41, 5.74) is 4.60. The van der Waals surface area contributed by atoms with Crippen LogP contribution in [0.25, 0.3) is 0 Å². The van der Waals surface area contributed by atoms with E-state index in [1.54, 1.807) is 20.8 Å². The lowest BCUT2D eigenvalue weighted by Gasteiger charge is -2.29. The van der Waals surface area contributed by atoms with Gasteiger partial charge in [0.2, 0.25) is 5.91 Å². The molecule has 0 aromatic rings. The molecule has 0 bridgehead atoms. The van der Waals surface area contributed by atoms with Crippen LogP contribution in [0.4, 0.5) is 4.79 Å². The first kappa shape index (κ1) is 13.8. The van der Waals surface area contributed by atoms with Gasteiger partial charge in [0.05, 0.1) is 12.6 Å².